The number of carbonyl (C=O) groups is 2. The molecule has 0 radical (unpaired) electrons. The minimum atomic E-state index is -0.439. The molecule has 2 aliphatic rings. The molecule has 2 amide bonds. The van der Waals surface area contributed by atoms with Gasteiger partial charge in [-0.25, -0.2) is 0 Å². The summed E-state index contributed by atoms with van der Waals surface area (Å²) < 4.78 is 7.92. The SMILES string of the molecule is Cc1cc(/C=C(\C#N)C(=O)NCCC(=O)N2CCCC2)c(C)n1CC1CCCO1. The van der Waals surface area contributed by atoms with E-state index in [1.54, 1.807) is 6.08 Å². The third kappa shape index (κ3) is 5.27. The van der Waals surface area contributed by atoms with E-state index in [-0.39, 0.29) is 30.5 Å². The predicted molar refractivity (Wildman–Crippen MR) is 110 cm³/mol. The number of hydrogen-bond acceptors (Lipinski definition) is 4. The fourth-order valence-electron chi connectivity index (χ4n) is 4.05. The molecule has 0 bridgehead atoms. The van der Waals surface area contributed by atoms with Crippen molar-refractivity contribution in [2.45, 2.75) is 58.6 Å². The molecule has 7 heteroatoms. The highest BCUT2D eigenvalue weighted by Crippen LogP contribution is 2.22. The van der Waals surface area contributed by atoms with Gasteiger partial charge in [-0.3, -0.25) is 9.59 Å². The lowest BCUT2D eigenvalue weighted by Crippen LogP contribution is -2.33. The van der Waals surface area contributed by atoms with E-state index >= 15 is 0 Å². The van der Waals surface area contributed by atoms with Crippen LogP contribution in [0.2, 0.25) is 0 Å². The summed E-state index contributed by atoms with van der Waals surface area (Å²) >= 11 is 0. The van der Waals surface area contributed by atoms with E-state index in [4.69, 9.17) is 4.74 Å². The topological polar surface area (TPSA) is 87.4 Å². The maximum Gasteiger partial charge on any atom is 0.261 e. The second kappa shape index (κ2) is 9.75. The van der Waals surface area contributed by atoms with Crippen molar-refractivity contribution >= 4 is 17.9 Å². The Morgan fingerprint density at radius 3 is 2.72 bits per heavy atom. The van der Waals surface area contributed by atoms with Gasteiger partial charge in [0.1, 0.15) is 11.6 Å². The zero-order chi connectivity index (χ0) is 20.8. The van der Waals surface area contributed by atoms with E-state index in [1.165, 1.54) is 0 Å². The number of ether oxygens (including phenoxy) is 1. The first-order valence-corrected chi connectivity index (χ1v) is 10.5. The van der Waals surface area contributed by atoms with Crippen LogP contribution in [0, 0.1) is 25.2 Å². The molecule has 3 rings (SSSR count). The van der Waals surface area contributed by atoms with Crippen molar-refractivity contribution in [3.63, 3.8) is 0 Å². The van der Waals surface area contributed by atoms with E-state index in [0.717, 1.165) is 68.9 Å². The van der Waals surface area contributed by atoms with Crippen LogP contribution in [0.4, 0.5) is 0 Å². The van der Waals surface area contributed by atoms with Gasteiger partial charge in [-0.15, -0.1) is 0 Å². The molecule has 2 aliphatic heterocycles. The molecule has 1 N–H and O–H groups in total. The van der Waals surface area contributed by atoms with Crippen LogP contribution in [0.3, 0.4) is 0 Å². The third-order valence-corrected chi connectivity index (χ3v) is 5.77. The molecule has 0 spiro atoms. The van der Waals surface area contributed by atoms with Crippen molar-refractivity contribution in [1.82, 2.24) is 14.8 Å². The summed E-state index contributed by atoms with van der Waals surface area (Å²) in [7, 11) is 0. The van der Waals surface area contributed by atoms with Gasteiger partial charge < -0.3 is 19.5 Å². The average Bonchev–Trinajstić information content (AvgIpc) is 3.45. The highest BCUT2D eigenvalue weighted by Gasteiger charge is 2.20. The molecule has 0 saturated carbocycles. The molecule has 1 aromatic heterocycles. The Morgan fingerprint density at radius 2 is 2.07 bits per heavy atom. The summed E-state index contributed by atoms with van der Waals surface area (Å²) in [5, 5.41) is 12.2. The fraction of sp³-hybridized carbons (Fsp3) is 0.591. The third-order valence-electron chi connectivity index (χ3n) is 5.77. The van der Waals surface area contributed by atoms with Crippen LogP contribution in [-0.4, -0.2) is 53.6 Å². The number of hydrogen-bond donors (Lipinski definition) is 1. The Morgan fingerprint density at radius 1 is 1.31 bits per heavy atom. The summed E-state index contributed by atoms with van der Waals surface area (Å²) in [6.07, 6.45) is 6.37. The second-order valence-corrected chi connectivity index (χ2v) is 7.84. The number of amides is 2. The largest absolute Gasteiger partial charge is 0.376 e. The summed E-state index contributed by atoms with van der Waals surface area (Å²) in [6, 6.07) is 3.98. The minimum absolute atomic E-state index is 0.0518. The predicted octanol–water partition coefficient (Wildman–Crippen LogP) is 2.32. The average molecular weight is 399 g/mol. The van der Waals surface area contributed by atoms with Gasteiger partial charge in [0.05, 0.1) is 6.10 Å². The number of aryl methyl sites for hydroxylation is 1. The molecule has 3 heterocycles. The highest BCUT2D eigenvalue weighted by atomic mass is 16.5. The fourth-order valence-corrected chi connectivity index (χ4v) is 4.05. The molecule has 1 aromatic rings. The molecular formula is C22H30N4O3. The number of nitriles is 1. The van der Waals surface area contributed by atoms with Gasteiger partial charge in [0.2, 0.25) is 5.91 Å². The van der Waals surface area contributed by atoms with E-state index in [9.17, 15) is 14.9 Å². The molecule has 7 nitrogen and oxygen atoms in total. The normalized spacial score (nSPS) is 19.4. The van der Waals surface area contributed by atoms with E-state index < -0.39 is 5.91 Å². The molecule has 1 unspecified atom stereocenters. The maximum atomic E-state index is 12.4. The molecule has 0 aliphatic carbocycles. The maximum absolute atomic E-state index is 12.4. The van der Waals surface area contributed by atoms with Crippen molar-refractivity contribution in [2.75, 3.05) is 26.2 Å². The number of likely N-dealkylation sites (tertiary alicyclic amines) is 1. The number of nitrogens with zero attached hydrogens (tertiary/aromatic N) is 3. The first kappa shape index (κ1) is 21.1. The lowest BCUT2D eigenvalue weighted by molar-refractivity contribution is -0.130. The number of carbonyl (C=O) groups excluding carboxylic acids is 2. The van der Waals surface area contributed by atoms with Gasteiger partial charge >= 0.3 is 0 Å². The molecule has 156 valence electrons. The van der Waals surface area contributed by atoms with Crippen LogP contribution in [0.5, 0.6) is 0 Å². The second-order valence-electron chi connectivity index (χ2n) is 7.84. The summed E-state index contributed by atoms with van der Waals surface area (Å²) in [4.78, 5) is 26.3. The molecule has 0 aromatic carbocycles. The number of nitrogens with one attached hydrogen (secondary N) is 1. The van der Waals surface area contributed by atoms with Crippen molar-refractivity contribution in [3.8, 4) is 6.07 Å². The van der Waals surface area contributed by atoms with Gasteiger partial charge in [0.15, 0.2) is 0 Å². The summed E-state index contributed by atoms with van der Waals surface area (Å²) in [5.74, 6) is -0.381. The van der Waals surface area contributed by atoms with Crippen molar-refractivity contribution in [2.24, 2.45) is 0 Å². The Kier molecular flexibility index (Phi) is 7.10. The Labute approximate surface area is 172 Å². The van der Waals surface area contributed by atoms with Crippen LogP contribution in [0.1, 0.15) is 49.1 Å². The van der Waals surface area contributed by atoms with Crippen molar-refractivity contribution in [3.05, 3.63) is 28.6 Å². The molecular weight excluding hydrogens is 368 g/mol. The van der Waals surface area contributed by atoms with E-state index in [2.05, 4.69) is 9.88 Å². The number of rotatable bonds is 7. The Balaban J connectivity index is 1.60. The van der Waals surface area contributed by atoms with Gasteiger partial charge in [-0.1, -0.05) is 0 Å². The lowest BCUT2D eigenvalue weighted by Gasteiger charge is -2.15. The molecule has 2 saturated heterocycles. The Bertz CT molecular complexity index is 822. The van der Waals surface area contributed by atoms with Crippen LogP contribution in [-0.2, 0) is 20.9 Å². The first-order valence-electron chi connectivity index (χ1n) is 10.5. The highest BCUT2D eigenvalue weighted by molar-refractivity contribution is 6.02. The van der Waals surface area contributed by atoms with Gasteiger partial charge in [0.25, 0.3) is 5.91 Å². The van der Waals surface area contributed by atoms with Crippen LogP contribution in [0.25, 0.3) is 6.08 Å². The van der Waals surface area contributed by atoms with Gasteiger partial charge in [0, 0.05) is 50.6 Å². The number of aromatic nitrogens is 1. The summed E-state index contributed by atoms with van der Waals surface area (Å²) in [6.45, 7) is 7.47. The minimum Gasteiger partial charge on any atom is -0.376 e. The Hall–Kier alpha value is -2.59. The quantitative estimate of drug-likeness (QED) is 0.564. The zero-order valence-corrected chi connectivity index (χ0v) is 17.4. The van der Waals surface area contributed by atoms with Crippen LogP contribution >= 0.6 is 0 Å². The smallest absolute Gasteiger partial charge is 0.261 e. The van der Waals surface area contributed by atoms with Crippen LogP contribution < -0.4 is 5.32 Å². The van der Waals surface area contributed by atoms with Gasteiger partial charge in [-0.05, 0) is 57.2 Å². The molecule has 29 heavy (non-hydrogen) atoms. The van der Waals surface area contributed by atoms with Gasteiger partial charge in [-0.2, -0.15) is 5.26 Å². The standard InChI is InChI=1S/C22H30N4O3/c1-16-12-18(17(2)26(16)15-20-6-5-11-29-20)13-19(14-23)22(28)24-8-7-21(27)25-9-3-4-10-25/h12-13,20H,3-11,15H2,1-2H3,(H,24,28)/b19-13+. The zero-order valence-electron chi connectivity index (χ0n) is 17.4. The molecule has 2 fully saturated rings. The molecule has 1 atom stereocenters. The van der Waals surface area contributed by atoms with E-state index in [0.29, 0.717) is 0 Å². The van der Waals surface area contributed by atoms with Crippen molar-refractivity contribution < 1.29 is 14.3 Å². The van der Waals surface area contributed by atoms with Crippen LogP contribution in [0.15, 0.2) is 11.6 Å². The summed E-state index contributed by atoms with van der Waals surface area (Å²) in [5.41, 5.74) is 3.01. The van der Waals surface area contributed by atoms with Crippen molar-refractivity contribution in [1.29, 1.82) is 5.26 Å². The lowest BCUT2D eigenvalue weighted by atomic mass is 10.1. The first-order chi connectivity index (χ1) is 14.0. The van der Waals surface area contributed by atoms with E-state index in [1.807, 2.05) is 30.9 Å². The monoisotopic (exact) mass is 398 g/mol.